The van der Waals surface area contributed by atoms with Gasteiger partial charge in [-0.15, -0.1) is 11.3 Å². The zero-order valence-electron chi connectivity index (χ0n) is 13.4. The minimum absolute atomic E-state index is 0.0462. The molecule has 1 amide bonds. The fourth-order valence-corrected chi connectivity index (χ4v) is 3.90. The predicted octanol–water partition coefficient (Wildman–Crippen LogP) is 3.59. The fourth-order valence-electron chi connectivity index (χ4n) is 3.03. The Balaban J connectivity index is 1.43. The van der Waals surface area contributed by atoms with Gasteiger partial charge in [0.25, 0.3) is 5.91 Å². The molecular weight excluding hydrogens is 320 g/mol. The lowest BCUT2D eigenvalue weighted by atomic mass is 10.0. The van der Waals surface area contributed by atoms with Crippen molar-refractivity contribution < 1.29 is 9.53 Å². The summed E-state index contributed by atoms with van der Waals surface area (Å²) in [6.45, 7) is 2.79. The van der Waals surface area contributed by atoms with Crippen LogP contribution in [0.3, 0.4) is 0 Å². The molecule has 122 valence electrons. The van der Waals surface area contributed by atoms with E-state index in [0.717, 1.165) is 35.4 Å². The van der Waals surface area contributed by atoms with Crippen molar-refractivity contribution in [3.8, 4) is 5.75 Å². The van der Waals surface area contributed by atoms with Crippen LogP contribution in [0.25, 0.3) is 10.2 Å². The molecule has 1 aliphatic rings. The molecule has 2 heterocycles. The highest BCUT2D eigenvalue weighted by Crippen LogP contribution is 2.26. The van der Waals surface area contributed by atoms with Crippen LogP contribution >= 0.6 is 11.3 Å². The van der Waals surface area contributed by atoms with Gasteiger partial charge in [0, 0.05) is 12.5 Å². The van der Waals surface area contributed by atoms with E-state index in [-0.39, 0.29) is 11.9 Å². The van der Waals surface area contributed by atoms with Crippen LogP contribution in [0, 0.1) is 0 Å². The van der Waals surface area contributed by atoms with Crippen molar-refractivity contribution in [2.75, 3.05) is 6.61 Å². The molecule has 4 rings (SSSR count). The quantitative estimate of drug-likeness (QED) is 0.791. The largest absolute Gasteiger partial charge is 0.493 e. The number of benzene rings is 2. The number of fused-ring (bicyclic) bond motifs is 2. The van der Waals surface area contributed by atoms with Crippen LogP contribution in [-0.2, 0) is 12.8 Å². The zero-order chi connectivity index (χ0) is 16.5. The number of carbonyl (C=O) groups excluding carboxylic acids is 1. The molecule has 0 saturated heterocycles. The molecular formula is C19H18N2O2S. The van der Waals surface area contributed by atoms with Gasteiger partial charge in [-0.05, 0) is 42.7 Å². The maximum Gasteiger partial charge on any atom is 0.280 e. The number of ether oxygens (including phenoxy) is 1. The normalized spacial score (nSPS) is 14.2. The molecule has 1 unspecified atom stereocenters. The summed E-state index contributed by atoms with van der Waals surface area (Å²) in [5, 5.41) is 3.57. The minimum atomic E-state index is -0.104. The van der Waals surface area contributed by atoms with E-state index in [9.17, 15) is 4.79 Å². The second kappa shape index (κ2) is 6.24. The Hall–Kier alpha value is -2.40. The first-order valence-electron chi connectivity index (χ1n) is 8.10. The van der Waals surface area contributed by atoms with Crippen LogP contribution in [0.2, 0.25) is 0 Å². The van der Waals surface area contributed by atoms with Gasteiger partial charge < -0.3 is 10.1 Å². The number of rotatable bonds is 4. The predicted molar refractivity (Wildman–Crippen MR) is 95.9 cm³/mol. The van der Waals surface area contributed by atoms with Gasteiger partial charge in [0.1, 0.15) is 5.75 Å². The first-order valence-corrected chi connectivity index (χ1v) is 8.92. The van der Waals surface area contributed by atoms with Crippen LogP contribution in [0.1, 0.15) is 27.9 Å². The summed E-state index contributed by atoms with van der Waals surface area (Å²) < 4.78 is 6.57. The first-order chi connectivity index (χ1) is 11.7. The van der Waals surface area contributed by atoms with E-state index in [1.165, 1.54) is 22.5 Å². The number of aromatic nitrogens is 1. The Labute approximate surface area is 144 Å². The van der Waals surface area contributed by atoms with Crippen molar-refractivity contribution in [2.45, 2.75) is 25.8 Å². The highest BCUT2D eigenvalue weighted by atomic mass is 32.1. The van der Waals surface area contributed by atoms with Crippen molar-refractivity contribution in [1.29, 1.82) is 0 Å². The summed E-state index contributed by atoms with van der Waals surface area (Å²) in [6, 6.07) is 14.1. The molecule has 1 N–H and O–H groups in total. The van der Waals surface area contributed by atoms with Gasteiger partial charge in [0.2, 0.25) is 0 Å². The third kappa shape index (κ3) is 2.99. The SMILES string of the molecule is CC(Cc1ccc2c(c1)CCO2)NC(=O)c1nc2ccccc2s1. The molecule has 1 aliphatic heterocycles. The maximum absolute atomic E-state index is 12.4. The van der Waals surface area contributed by atoms with E-state index >= 15 is 0 Å². The monoisotopic (exact) mass is 338 g/mol. The van der Waals surface area contributed by atoms with Gasteiger partial charge in [-0.1, -0.05) is 24.3 Å². The summed E-state index contributed by atoms with van der Waals surface area (Å²) in [5.74, 6) is 0.887. The van der Waals surface area contributed by atoms with E-state index in [4.69, 9.17) is 4.74 Å². The number of hydrogen-bond donors (Lipinski definition) is 1. The van der Waals surface area contributed by atoms with E-state index in [2.05, 4.69) is 22.4 Å². The molecule has 1 aromatic heterocycles. The van der Waals surface area contributed by atoms with Crippen LogP contribution < -0.4 is 10.1 Å². The maximum atomic E-state index is 12.4. The summed E-state index contributed by atoms with van der Waals surface area (Å²) >= 11 is 1.43. The molecule has 3 aromatic rings. The zero-order valence-corrected chi connectivity index (χ0v) is 14.2. The number of amides is 1. The standard InChI is InChI=1S/C19H18N2O2S/c1-12(10-13-6-7-16-14(11-13)8-9-23-16)20-18(22)19-21-15-4-2-3-5-17(15)24-19/h2-7,11-12H,8-10H2,1H3,(H,20,22). The Morgan fingerprint density at radius 3 is 3.08 bits per heavy atom. The molecule has 24 heavy (non-hydrogen) atoms. The second-order valence-corrected chi connectivity index (χ2v) is 7.14. The summed E-state index contributed by atoms with van der Waals surface area (Å²) in [5.41, 5.74) is 3.35. The Morgan fingerprint density at radius 2 is 2.21 bits per heavy atom. The highest BCUT2D eigenvalue weighted by molar-refractivity contribution is 7.20. The number of nitrogens with one attached hydrogen (secondary N) is 1. The lowest BCUT2D eigenvalue weighted by Gasteiger charge is -2.13. The summed E-state index contributed by atoms with van der Waals surface area (Å²) in [7, 11) is 0. The Morgan fingerprint density at radius 1 is 1.33 bits per heavy atom. The molecule has 1 atom stereocenters. The third-order valence-electron chi connectivity index (χ3n) is 4.16. The van der Waals surface area contributed by atoms with E-state index in [0.29, 0.717) is 5.01 Å². The summed E-state index contributed by atoms with van der Waals surface area (Å²) in [4.78, 5) is 16.8. The number of thiazole rings is 1. The molecule has 5 heteroatoms. The van der Waals surface area contributed by atoms with Crippen LogP contribution in [0.4, 0.5) is 0 Å². The number of hydrogen-bond acceptors (Lipinski definition) is 4. The van der Waals surface area contributed by atoms with Crippen molar-refractivity contribution in [3.05, 3.63) is 58.6 Å². The topological polar surface area (TPSA) is 51.2 Å². The minimum Gasteiger partial charge on any atom is -0.493 e. The molecule has 0 fully saturated rings. The molecule has 4 nitrogen and oxygen atoms in total. The first kappa shape index (κ1) is 15.1. The molecule has 0 bridgehead atoms. The van der Waals surface area contributed by atoms with Crippen LogP contribution in [0.5, 0.6) is 5.75 Å². The number of carbonyl (C=O) groups is 1. The molecule has 0 spiro atoms. The average Bonchev–Trinajstić information content (AvgIpc) is 3.20. The van der Waals surface area contributed by atoms with Gasteiger partial charge in [0.05, 0.1) is 16.8 Å². The number of nitrogens with zero attached hydrogens (tertiary/aromatic N) is 1. The van der Waals surface area contributed by atoms with Crippen LogP contribution in [-0.4, -0.2) is 23.5 Å². The lowest BCUT2D eigenvalue weighted by molar-refractivity contribution is 0.0940. The molecule has 0 aliphatic carbocycles. The second-order valence-electron chi connectivity index (χ2n) is 6.11. The summed E-state index contributed by atoms with van der Waals surface area (Å²) in [6.07, 6.45) is 1.76. The lowest BCUT2D eigenvalue weighted by Crippen LogP contribution is -2.34. The Kier molecular flexibility index (Phi) is 3.94. The fraction of sp³-hybridized carbons (Fsp3) is 0.263. The van der Waals surface area contributed by atoms with Crippen molar-refractivity contribution in [2.24, 2.45) is 0 Å². The molecule has 0 radical (unpaired) electrons. The molecule has 2 aromatic carbocycles. The Bertz CT molecular complexity index is 870. The van der Waals surface area contributed by atoms with Crippen LogP contribution in [0.15, 0.2) is 42.5 Å². The van der Waals surface area contributed by atoms with E-state index in [1.54, 1.807) is 0 Å². The van der Waals surface area contributed by atoms with Crippen molar-refractivity contribution in [3.63, 3.8) is 0 Å². The highest BCUT2D eigenvalue weighted by Gasteiger charge is 2.16. The van der Waals surface area contributed by atoms with Gasteiger partial charge in [-0.2, -0.15) is 0 Å². The van der Waals surface area contributed by atoms with Crippen molar-refractivity contribution >= 4 is 27.5 Å². The third-order valence-corrected chi connectivity index (χ3v) is 5.20. The smallest absolute Gasteiger partial charge is 0.280 e. The van der Waals surface area contributed by atoms with Gasteiger partial charge >= 0.3 is 0 Å². The van der Waals surface area contributed by atoms with E-state index < -0.39 is 0 Å². The van der Waals surface area contributed by atoms with Gasteiger partial charge in [0.15, 0.2) is 5.01 Å². The number of para-hydroxylation sites is 1. The van der Waals surface area contributed by atoms with Gasteiger partial charge in [-0.3, -0.25) is 4.79 Å². The molecule has 0 saturated carbocycles. The van der Waals surface area contributed by atoms with Crippen molar-refractivity contribution in [1.82, 2.24) is 10.3 Å². The van der Waals surface area contributed by atoms with E-state index in [1.807, 2.05) is 37.3 Å². The van der Waals surface area contributed by atoms with Gasteiger partial charge in [-0.25, -0.2) is 4.98 Å². The average molecular weight is 338 g/mol.